The molecule has 0 saturated carbocycles. The van der Waals surface area contributed by atoms with Crippen molar-refractivity contribution in [1.82, 2.24) is 9.88 Å². The number of nitrogens with zero attached hydrogens (tertiary/aromatic N) is 3. The smallest absolute Gasteiger partial charge is 0.146 e. The number of hydrogen-bond acceptors (Lipinski definition) is 4. The first kappa shape index (κ1) is 16.7. The van der Waals surface area contributed by atoms with Crippen molar-refractivity contribution in [2.24, 2.45) is 0 Å². The number of nitrogens with one attached hydrogen (secondary N) is 1. The molecule has 1 N–H and O–H groups in total. The molecule has 0 spiro atoms. The van der Waals surface area contributed by atoms with Crippen molar-refractivity contribution < 1.29 is 4.39 Å². The Balaban J connectivity index is 1.32. The molecule has 1 saturated heterocycles. The Morgan fingerprint density at radius 1 is 0.958 bits per heavy atom. The molecule has 0 amide bonds. The molecule has 3 rings (SSSR count). The van der Waals surface area contributed by atoms with E-state index in [1.807, 2.05) is 30.3 Å². The van der Waals surface area contributed by atoms with E-state index in [4.69, 9.17) is 0 Å². The number of pyridine rings is 1. The van der Waals surface area contributed by atoms with Crippen molar-refractivity contribution >= 4 is 11.5 Å². The molecule has 24 heavy (non-hydrogen) atoms. The van der Waals surface area contributed by atoms with Gasteiger partial charge < -0.3 is 10.2 Å². The van der Waals surface area contributed by atoms with E-state index in [2.05, 4.69) is 20.1 Å². The third-order valence-corrected chi connectivity index (χ3v) is 4.44. The Hall–Kier alpha value is -2.14. The molecule has 1 aliphatic rings. The van der Waals surface area contributed by atoms with Gasteiger partial charge in [-0.25, -0.2) is 9.37 Å². The van der Waals surface area contributed by atoms with Gasteiger partial charge >= 0.3 is 0 Å². The van der Waals surface area contributed by atoms with E-state index < -0.39 is 0 Å². The molecule has 4 nitrogen and oxygen atoms in total. The van der Waals surface area contributed by atoms with E-state index in [1.165, 1.54) is 12.5 Å². The van der Waals surface area contributed by atoms with Crippen molar-refractivity contribution in [2.45, 2.75) is 12.8 Å². The lowest BCUT2D eigenvalue weighted by atomic mass is 10.2. The van der Waals surface area contributed by atoms with Gasteiger partial charge in [0.2, 0.25) is 0 Å². The zero-order valence-electron chi connectivity index (χ0n) is 14.0. The number of benzene rings is 1. The van der Waals surface area contributed by atoms with Gasteiger partial charge in [-0.2, -0.15) is 0 Å². The lowest BCUT2D eigenvalue weighted by molar-refractivity contribution is 0.253. The number of halogens is 1. The zero-order valence-corrected chi connectivity index (χ0v) is 14.0. The Labute approximate surface area is 143 Å². The van der Waals surface area contributed by atoms with Crippen LogP contribution >= 0.6 is 0 Å². The summed E-state index contributed by atoms with van der Waals surface area (Å²) >= 11 is 0. The van der Waals surface area contributed by atoms with Gasteiger partial charge in [-0.1, -0.05) is 18.2 Å². The van der Waals surface area contributed by atoms with E-state index in [0.29, 0.717) is 0 Å². The van der Waals surface area contributed by atoms with Crippen LogP contribution in [0.1, 0.15) is 12.8 Å². The van der Waals surface area contributed by atoms with Crippen molar-refractivity contribution in [2.75, 3.05) is 49.5 Å². The van der Waals surface area contributed by atoms with E-state index in [-0.39, 0.29) is 5.82 Å². The molecule has 2 aromatic rings. The van der Waals surface area contributed by atoms with Gasteiger partial charge in [-0.3, -0.25) is 4.90 Å². The molecule has 5 heteroatoms. The summed E-state index contributed by atoms with van der Waals surface area (Å²) < 4.78 is 13.8. The topological polar surface area (TPSA) is 31.4 Å². The van der Waals surface area contributed by atoms with Crippen LogP contribution < -0.4 is 10.2 Å². The van der Waals surface area contributed by atoms with Gasteiger partial charge in [0, 0.05) is 38.9 Å². The first-order chi connectivity index (χ1) is 11.8. The minimum Gasteiger partial charge on any atom is -0.370 e. The molecular formula is C19H25FN4. The standard InChI is InChI=1S/C19H25FN4/c20-17-7-1-2-8-18(17)24-15-13-23(14-16-24)12-6-5-11-22-19-9-3-4-10-21-19/h1-4,7-10H,5-6,11-16H2,(H,21,22). The van der Waals surface area contributed by atoms with Crippen LogP contribution in [-0.4, -0.2) is 49.2 Å². The van der Waals surface area contributed by atoms with E-state index >= 15 is 0 Å². The summed E-state index contributed by atoms with van der Waals surface area (Å²) in [6.07, 6.45) is 4.10. The van der Waals surface area contributed by atoms with E-state index in [9.17, 15) is 4.39 Å². The molecule has 0 unspecified atom stereocenters. The summed E-state index contributed by atoms with van der Waals surface area (Å²) in [6, 6.07) is 13.0. The number of rotatable bonds is 7. The molecule has 1 fully saturated rings. The predicted molar refractivity (Wildman–Crippen MR) is 97.0 cm³/mol. The third kappa shape index (κ3) is 4.68. The molecule has 2 heterocycles. The summed E-state index contributed by atoms with van der Waals surface area (Å²) in [5, 5.41) is 3.34. The van der Waals surface area contributed by atoms with E-state index in [0.717, 1.165) is 57.2 Å². The molecule has 0 atom stereocenters. The molecular weight excluding hydrogens is 303 g/mol. The van der Waals surface area contributed by atoms with Crippen LogP contribution in [0.25, 0.3) is 0 Å². The monoisotopic (exact) mass is 328 g/mol. The van der Waals surface area contributed by atoms with Crippen LogP contribution in [-0.2, 0) is 0 Å². The summed E-state index contributed by atoms with van der Waals surface area (Å²) in [6.45, 7) is 5.85. The van der Waals surface area contributed by atoms with Crippen molar-refractivity contribution in [1.29, 1.82) is 0 Å². The van der Waals surface area contributed by atoms with E-state index in [1.54, 1.807) is 12.3 Å². The highest BCUT2D eigenvalue weighted by Gasteiger charge is 2.18. The van der Waals surface area contributed by atoms with Gasteiger partial charge in [-0.15, -0.1) is 0 Å². The predicted octanol–water partition coefficient (Wildman–Crippen LogP) is 3.24. The Bertz CT molecular complexity index is 612. The highest BCUT2D eigenvalue weighted by atomic mass is 19.1. The van der Waals surface area contributed by atoms with Crippen molar-refractivity contribution in [3.8, 4) is 0 Å². The fourth-order valence-corrected chi connectivity index (χ4v) is 3.06. The van der Waals surface area contributed by atoms with Gasteiger partial charge in [-0.05, 0) is 43.7 Å². The minimum atomic E-state index is -0.119. The summed E-state index contributed by atoms with van der Waals surface area (Å²) in [4.78, 5) is 8.87. The molecule has 1 aliphatic heterocycles. The molecule has 128 valence electrons. The average Bonchev–Trinajstić information content (AvgIpc) is 2.63. The van der Waals surface area contributed by atoms with Gasteiger partial charge in [0.05, 0.1) is 5.69 Å². The second-order valence-corrected chi connectivity index (χ2v) is 6.13. The maximum Gasteiger partial charge on any atom is 0.146 e. The highest BCUT2D eigenvalue weighted by molar-refractivity contribution is 5.48. The largest absolute Gasteiger partial charge is 0.370 e. The van der Waals surface area contributed by atoms with Gasteiger partial charge in [0.15, 0.2) is 0 Å². The lowest BCUT2D eigenvalue weighted by Crippen LogP contribution is -2.46. The van der Waals surface area contributed by atoms with Crippen LogP contribution in [0.15, 0.2) is 48.7 Å². The number of anilines is 2. The quantitative estimate of drug-likeness (QED) is 0.791. The third-order valence-electron chi connectivity index (χ3n) is 4.44. The van der Waals surface area contributed by atoms with Gasteiger partial charge in [0.1, 0.15) is 11.6 Å². The SMILES string of the molecule is Fc1ccccc1N1CCN(CCCCNc2ccccn2)CC1. The summed E-state index contributed by atoms with van der Waals surface area (Å²) in [5.41, 5.74) is 0.733. The fraction of sp³-hybridized carbons (Fsp3) is 0.421. The molecule has 1 aromatic carbocycles. The molecule has 0 radical (unpaired) electrons. The molecule has 0 aliphatic carbocycles. The van der Waals surface area contributed by atoms with Crippen LogP contribution in [0.3, 0.4) is 0 Å². The van der Waals surface area contributed by atoms with Crippen LogP contribution in [0.5, 0.6) is 0 Å². The highest BCUT2D eigenvalue weighted by Crippen LogP contribution is 2.20. The maximum absolute atomic E-state index is 13.8. The van der Waals surface area contributed by atoms with Gasteiger partial charge in [0.25, 0.3) is 0 Å². The first-order valence-corrected chi connectivity index (χ1v) is 8.70. The fourth-order valence-electron chi connectivity index (χ4n) is 3.06. The minimum absolute atomic E-state index is 0.119. The molecule has 0 bridgehead atoms. The second kappa shape index (κ2) is 8.64. The zero-order chi connectivity index (χ0) is 16.6. The van der Waals surface area contributed by atoms with Crippen LogP contribution in [0, 0.1) is 5.82 Å². The number of piperazine rings is 1. The number of unbranched alkanes of at least 4 members (excludes halogenated alkanes) is 1. The number of para-hydroxylation sites is 1. The summed E-state index contributed by atoms with van der Waals surface area (Å²) in [7, 11) is 0. The number of hydrogen-bond donors (Lipinski definition) is 1. The second-order valence-electron chi connectivity index (χ2n) is 6.13. The Kier molecular flexibility index (Phi) is 6.01. The normalized spacial score (nSPS) is 15.5. The average molecular weight is 328 g/mol. The Morgan fingerprint density at radius 3 is 2.50 bits per heavy atom. The number of aromatic nitrogens is 1. The van der Waals surface area contributed by atoms with Crippen molar-refractivity contribution in [3.63, 3.8) is 0 Å². The van der Waals surface area contributed by atoms with Crippen LogP contribution in [0.4, 0.5) is 15.9 Å². The summed E-state index contributed by atoms with van der Waals surface area (Å²) in [5.74, 6) is 0.822. The first-order valence-electron chi connectivity index (χ1n) is 8.70. The molecule has 1 aromatic heterocycles. The lowest BCUT2D eigenvalue weighted by Gasteiger charge is -2.36. The van der Waals surface area contributed by atoms with Crippen LogP contribution in [0.2, 0.25) is 0 Å². The maximum atomic E-state index is 13.8. The Morgan fingerprint density at radius 2 is 1.75 bits per heavy atom. The van der Waals surface area contributed by atoms with Crippen molar-refractivity contribution in [3.05, 3.63) is 54.5 Å².